The average Bonchev–Trinajstić information content (AvgIpc) is 3.05. The summed E-state index contributed by atoms with van der Waals surface area (Å²) < 4.78 is 40.7. The fourth-order valence-corrected chi connectivity index (χ4v) is 3.43. The first kappa shape index (κ1) is 19.0. The van der Waals surface area contributed by atoms with Gasteiger partial charge in [0.2, 0.25) is 0 Å². The second-order valence-electron chi connectivity index (χ2n) is 6.93. The van der Waals surface area contributed by atoms with Crippen molar-refractivity contribution in [2.45, 2.75) is 26.1 Å². The minimum Gasteiger partial charge on any atom is -0.506 e. The van der Waals surface area contributed by atoms with Crippen LogP contribution in [0.3, 0.4) is 0 Å². The number of anilines is 1. The van der Waals surface area contributed by atoms with Gasteiger partial charge in [0.05, 0.1) is 22.7 Å². The molecule has 9 heteroatoms. The van der Waals surface area contributed by atoms with Crippen molar-refractivity contribution < 1.29 is 18.3 Å². The molecule has 0 spiro atoms. The highest BCUT2D eigenvalue weighted by Crippen LogP contribution is 2.36. The summed E-state index contributed by atoms with van der Waals surface area (Å²) in [5, 5.41) is 19.0. The summed E-state index contributed by atoms with van der Waals surface area (Å²) in [4.78, 5) is 8.89. The first-order valence-electron chi connectivity index (χ1n) is 8.91. The number of rotatable bonds is 3. The predicted octanol–water partition coefficient (Wildman–Crippen LogP) is 4.72. The van der Waals surface area contributed by atoms with Gasteiger partial charge in [-0.15, -0.1) is 0 Å². The van der Waals surface area contributed by atoms with Crippen LogP contribution in [0.5, 0.6) is 5.75 Å². The second-order valence-corrected chi connectivity index (χ2v) is 6.93. The molecule has 0 unspecified atom stereocenters. The van der Waals surface area contributed by atoms with Gasteiger partial charge in [-0.3, -0.25) is 4.68 Å². The monoisotopic (exact) mass is 401 g/mol. The van der Waals surface area contributed by atoms with Crippen molar-refractivity contribution in [1.82, 2.24) is 19.7 Å². The highest BCUT2D eigenvalue weighted by Gasteiger charge is 2.30. The van der Waals surface area contributed by atoms with E-state index in [2.05, 4.69) is 20.4 Å². The van der Waals surface area contributed by atoms with Crippen molar-refractivity contribution in [3.63, 3.8) is 0 Å². The van der Waals surface area contributed by atoms with Crippen LogP contribution in [0.15, 0.2) is 36.5 Å². The number of phenols is 1. The van der Waals surface area contributed by atoms with Crippen LogP contribution in [0, 0.1) is 6.92 Å². The van der Waals surface area contributed by atoms with Crippen LogP contribution in [-0.4, -0.2) is 24.9 Å². The molecule has 0 fully saturated rings. The highest BCUT2D eigenvalue weighted by molar-refractivity contribution is 6.09. The molecule has 0 aliphatic rings. The Morgan fingerprint density at radius 3 is 2.62 bits per heavy atom. The van der Waals surface area contributed by atoms with Gasteiger partial charge in [0, 0.05) is 18.5 Å². The van der Waals surface area contributed by atoms with Gasteiger partial charge in [-0.1, -0.05) is 12.1 Å². The Labute approximate surface area is 164 Å². The number of aromatic hydroxyl groups is 1. The van der Waals surface area contributed by atoms with Gasteiger partial charge in [0.15, 0.2) is 0 Å². The Kier molecular flexibility index (Phi) is 4.33. The van der Waals surface area contributed by atoms with E-state index in [0.717, 1.165) is 12.1 Å². The first-order valence-corrected chi connectivity index (χ1v) is 8.91. The molecule has 6 nitrogen and oxygen atoms in total. The molecule has 0 radical (unpaired) electrons. The van der Waals surface area contributed by atoms with E-state index >= 15 is 0 Å². The summed E-state index contributed by atoms with van der Waals surface area (Å²) in [5.41, 5.74) is 0.919. The van der Waals surface area contributed by atoms with E-state index in [4.69, 9.17) is 0 Å². The van der Waals surface area contributed by atoms with Gasteiger partial charge >= 0.3 is 6.18 Å². The molecule has 0 saturated carbocycles. The quantitative estimate of drug-likeness (QED) is 0.519. The molecule has 2 N–H and O–H groups in total. The van der Waals surface area contributed by atoms with Gasteiger partial charge in [-0.05, 0) is 37.6 Å². The molecule has 4 rings (SSSR count). The molecule has 4 aromatic rings. The molecule has 29 heavy (non-hydrogen) atoms. The number of aryl methyl sites for hydroxylation is 2. The fraction of sp³-hybridized carbons (Fsp3) is 0.250. The minimum absolute atomic E-state index is 0.0229. The van der Waals surface area contributed by atoms with E-state index in [1.165, 1.54) is 6.07 Å². The second kappa shape index (κ2) is 6.61. The number of hydrogen-bond acceptors (Lipinski definition) is 5. The maximum Gasteiger partial charge on any atom is 0.416 e. The third-order valence-corrected chi connectivity index (χ3v) is 4.84. The van der Waals surface area contributed by atoms with Crippen LogP contribution < -0.4 is 5.32 Å². The Morgan fingerprint density at radius 2 is 1.90 bits per heavy atom. The lowest BCUT2D eigenvalue weighted by Crippen LogP contribution is -2.12. The molecule has 150 valence electrons. The lowest BCUT2D eigenvalue weighted by atomic mass is 10.0. The summed E-state index contributed by atoms with van der Waals surface area (Å²) in [6, 6.07) is 6.24. The van der Waals surface area contributed by atoms with Crippen LogP contribution in [0.4, 0.5) is 19.0 Å². The van der Waals surface area contributed by atoms with Gasteiger partial charge in [0.25, 0.3) is 0 Å². The van der Waals surface area contributed by atoms with Crippen LogP contribution in [0.1, 0.15) is 29.9 Å². The number of aromatic nitrogens is 4. The van der Waals surface area contributed by atoms with Gasteiger partial charge in [0.1, 0.15) is 22.9 Å². The molecule has 0 aliphatic carbocycles. The zero-order valence-corrected chi connectivity index (χ0v) is 15.9. The van der Waals surface area contributed by atoms with Crippen molar-refractivity contribution in [2.75, 3.05) is 5.32 Å². The van der Waals surface area contributed by atoms with Crippen molar-refractivity contribution in [2.24, 2.45) is 7.05 Å². The normalized spacial score (nSPS) is 13.2. The van der Waals surface area contributed by atoms with E-state index in [0.29, 0.717) is 39.0 Å². The van der Waals surface area contributed by atoms with E-state index in [-0.39, 0.29) is 5.75 Å². The van der Waals surface area contributed by atoms with Crippen LogP contribution in [-0.2, 0) is 13.2 Å². The SMILES string of the molecule is Cc1nc(N[C@H](C)c2cccc(C(F)(F)F)c2)c2cc(O)c3c(cnn3C)c2n1. The molecule has 1 atom stereocenters. The van der Waals surface area contributed by atoms with Crippen LogP contribution in [0.2, 0.25) is 0 Å². The molecule has 2 aromatic heterocycles. The third kappa shape index (κ3) is 3.32. The largest absolute Gasteiger partial charge is 0.506 e. The molecule has 2 heterocycles. The zero-order valence-electron chi connectivity index (χ0n) is 15.9. The Hall–Kier alpha value is -3.36. The van der Waals surface area contributed by atoms with Crippen molar-refractivity contribution in [3.05, 3.63) is 53.5 Å². The molecule has 0 bridgehead atoms. The maximum atomic E-state index is 13.0. The molecular formula is C20H18F3N5O. The fourth-order valence-electron chi connectivity index (χ4n) is 3.43. The first-order chi connectivity index (χ1) is 13.6. The van der Waals surface area contributed by atoms with Gasteiger partial charge in [-0.25, -0.2) is 9.97 Å². The van der Waals surface area contributed by atoms with E-state index in [1.807, 2.05) is 0 Å². The van der Waals surface area contributed by atoms with Gasteiger partial charge in [-0.2, -0.15) is 18.3 Å². The lowest BCUT2D eigenvalue weighted by molar-refractivity contribution is -0.137. The molecule has 2 aromatic carbocycles. The summed E-state index contributed by atoms with van der Waals surface area (Å²) in [7, 11) is 1.72. The van der Waals surface area contributed by atoms with E-state index in [1.54, 1.807) is 43.9 Å². The van der Waals surface area contributed by atoms with E-state index < -0.39 is 17.8 Å². The third-order valence-electron chi connectivity index (χ3n) is 4.84. The van der Waals surface area contributed by atoms with Crippen molar-refractivity contribution >= 4 is 27.6 Å². The maximum absolute atomic E-state index is 13.0. The number of benzene rings is 2. The lowest BCUT2D eigenvalue weighted by Gasteiger charge is -2.18. The summed E-state index contributed by atoms with van der Waals surface area (Å²) in [6.45, 7) is 3.48. The molecule has 0 amide bonds. The number of hydrogen-bond donors (Lipinski definition) is 2. The number of fused-ring (bicyclic) bond motifs is 3. The number of alkyl halides is 3. The van der Waals surface area contributed by atoms with E-state index in [9.17, 15) is 18.3 Å². The summed E-state index contributed by atoms with van der Waals surface area (Å²) in [5.74, 6) is 0.945. The number of halogens is 3. The van der Waals surface area contributed by atoms with Crippen LogP contribution >= 0.6 is 0 Å². The van der Waals surface area contributed by atoms with Crippen molar-refractivity contribution in [3.8, 4) is 5.75 Å². The summed E-state index contributed by atoms with van der Waals surface area (Å²) >= 11 is 0. The zero-order chi connectivity index (χ0) is 20.9. The average molecular weight is 401 g/mol. The van der Waals surface area contributed by atoms with Gasteiger partial charge < -0.3 is 10.4 Å². The minimum atomic E-state index is -4.41. The highest BCUT2D eigenvalue weighted by atomic mass is 19.4. The van der Waals surface area contributed by atoms with Crippen molar-refractivity contribution in [1.29, 1.82) is 0 Å². The Balaban J connectivity index is 1.80. The molecule has 0 saturated heterocycles. The molecule has 0 aliphatic heterocycles. The number of nitrogens with zero attached hydrogens (tertiary/aromatic N) is 4. The summed E-state index contributed by atoms with van der Waals surface area (Å²) in [6.07, 6.45) is -2.80. The topological polar surface area (TPSA) is 75.9 Å². The number of nitrogens with one attached hydrogen (secondary N) is 1. The van der Waals surface area contributed by atoms with Crippen LogP contribution in [0.25, 0.3) is 21.8 Å². The number of phenolic OH excluding ortho intramolecular Hbond substituents is 1. The standard InChI is InChI=1S/C20H18F3N5O/c1-10(12-5-4-6-13(7-12)20(21,22)23)25-19-14-8-16(29)18-15(9-24-28(18)3)17(14)26-11(2)27-19/h4-10,29H,1-3H3,(H,25,26,27)/t10-/m1/s1. The Bertz CT molecular complexity index is 1230. The molecular weight excluding hydrogens is 383 g/mol. The Morgan fingerprint density at radius 1 is 1.14 bits per heavy atom. The predicted molar refractivity (Wildman–Crippen MR) is 104 cm³/mol. The smallest absolute Gasteiger partial charge is 0.416 e.